The van der Waals surface area contributed by atoms with E-state index in [0.717, 1.165) is 66.2 Å². The second-order valence-corrected chi connectivity index (χ2v) is 11.1. The number of para-hydroxylation sites is 2. The SMILES string of the molecule is c1ccc(N(c2ccc3ccccc3c2)c2nc(-c3ccc4c(c3)oc3c5ccccc5ccc43)c3ccccc3n2)cc1. The van der Waals surface area contributed by atoms with Crippen molar-refractivity contribution in [3.63, 3.8) is 0 Å². The summed E-state index contributed by atoms with van der Waals surface area (Å²) in [6.07, 6.45) is 0. The third-order valence-corrected chi connectivity index (χ3v) is 8.43. The van der Waals surface area contributed by atoms with E-state index in [1.54, 1.807) is 0 Å². The Bertz CT molecular complexity index is 2520. The number of hydrogen-bond donors (Lipinski definition) is 0. The van der Waals surface area contributed by atoms with Gasteiger partial charge in [0.25, 0.3) is 0 Å². The fourth-order valence-corrected chi connectivity index (χ4v) is 6.31. The first-order chi connectivity index (χ1) is 21.8. The third-order valence-electron chi connectivity index (χ3n) is 8.43. The summed E-state index contributed by atoms with van der Waals surface area (Å²) in [4.78, 5) is 12.5. The fourth-order valence-electron chi connectivity index (χ4n) is 6.31. The summed E-state index contributed by atoms with van der Waals surface area (Å²) in [6, 6.07) is 52.5. The Morgan fingerprint density at radius 1 is 0.455 bits per heavy atom. The van der Waals surface area contributed by atoms with Crippen LogP contribution in [0.2, 0.25) is 0 Å². The Kier molecular flexibility index (Phi) is 5.47. The Balaban J connectivity index is 1.27. The van der Waals surface area contributed by atoms with Gasteiger partial charge < -0.3 is 4.42 Å². The lowest BCUT2D eigenvalue weighted by Crippen LogP contribution is -2.14. The first-order valence-electron chi connectivity index (χ1n) is 14.8. The average molecular weight is 564 g/mol. The molecule has 7 aromatic carbocycles. The van der Waals surface area contributed by atoms with Crippen molar-refractivity contribution in [3.8, 4) is 11.3 Å². The molecule has 0 spiro atoms. The molecule has 0 atom stereocenters. The smallest absolute Gasteiger partial charge is 0.235 e. The molecule has 2 heterocycles. The van der Waals surface area contributed by atoms with Gasteiger partial charge in [0.05, 0.1) is 11.2 Å². The van der Waals surface area contributed by atoms with Crippen LogP contribution in [0.5, 0.6) is 0 Å². The highest BCUT2D eigenvalue weighted by atomic mass is 16.3. The molecule has 4 heteroatoms. The van der Waals surface area contributed by atoms with Crippen molar-refractivity contribution < 1.29 is 4.42 Å². The topological polar surface area (TPSA) is 42.2 Å². The molecule has 0 aliphatic heterocycles. The Morgan fingerprint density at radius 3 is 2.05 bits per heavy atom. The van der Waals surface area contributed by atoms with Gasteiger partial charge in [-0.3, -0.25) is 4.90 Å². The van der Waals surface area contributed by atoms with E-state index in [4.69, 9.17) is 14.4 Å². The van der Waals surface area contributed by atoms with Gasteiger partial charge >= 0.3 is 0 Å². The minimum Gasteiger partial charge on any atom is -0.455 e. The van der Waals surface area contributed by atoms with Gasteiger partial charge in [-0.2, -0.15) is 0 Å². The van der Waals surface area contributed by atoms with Gasteiger partial charge in [0.2, 0.25) is 5.95 Å². The van der Waals surface area contributed by atoms with Gasteiger partial charge in [-0.1, -0.05) is 103 Å². The number of rotatable bonds is 4. The number of nitrogens with zero attached hydrogens (tertiary/aromatic N) is 3. The number of hydrogen-bond acceptors (Lipinski definition) is 4. The first kappa shape index (κ1) is 24.6. The summed E-state index contributed by atoms with van der Waals surface area (Å²) in [5.41, 5.74) is 6.46. The predicted octanol–water partition coefficient (Wildman–Crippen LogP) is 11.0. The highest BCUT2D eigenvalue weighted by molar-refractivity contribution is 6.15. The molecule has 9 rings (SSSR count). The molecular formula is C40H25N3O. The van der Waals surface area contributed by atoms with Crippen LogP contribution in [0.25, 0.3) is 65.6 Å². The fraction of sp³-hybridized carbons (Fsp3) is 0. The Labute approximate surface area is 253 Å². The molecule has 2 aromatic heterocycles. The number of anilines is 3. The number of fused-ring (bicyclic) bond motifs is 7. The van der Waals surface area contributed by atoms with Crippen LogP contribution < -0.4 is 4.90 Å². The van der Waals surface area contributed by atoms with E-state index in [1.807, 2.05) is 30.3 Å². The Hall–Kier alpha value is -6.00. The molecule has 4 nitrogen and oxygen atoms in total. The van der Waals surface area contributed by atoms with E-state index in [-0.39, 0.29) is 0 Å². The summed E-state index contributed by atoms with van der Waals surface area (Å²) in [7, 11) is 0. The van der Waals surface area contributed by atoms with Gasteiger partial charge in [0.15, 0.2) is 0 Å². The summed E-state index contributed by atoms with van der Waals surface area (Å²) < 4.78 is 6.54. The van der Waals surface area contributed by atoms with Crippen molar-refractivity contribution >= 4 is 71.7 Å². The second kappa shape index (κ2) is 9.79. The molecule has 9 aromatic rings. The van der Waals surface area contributed by atoms with Crippen LogP contribution in [0.3, 0.4) is 0 Å². The van der Waals surface area contributed by atoms with Crippen LogP contribution in [0.1, 0.15) is 0 Å². The van der Waals surface area contributed by atoms with Crippen LogP contribution in [-0.2, 0) is 0 Å². The van der Waals surface area contributed by atoms with Crippen molar-refractivity contribution in [2.24, 2.45) is 0 Å². The maximum Gasteiger partial charge on any atom is 0.235 e. The van der Waals surface area contributed by atoms with Crippen molar-refractivity contribution in [1.82, 2.24) is 9.97 Å². The van der Waals surface area contributed by atoms with Gasteiger partial charge in [-0.15, -0.1) is 0 Å². The first-order valence-corrected chi connectivity index (χ1v) is 14.8. The van der Waals surface area contributed by atoms with E-state index in [2.05, 4.69) is 126 Å². The zero-order valence-corrected chi connectivity index (χ0v) is 23.7. The molecule has 0 saturated carbocycles. The summed E-state index contributed by atoms with van der Waals surface area (Å²) in [5.74, 6) is 0.607. The van der Waals surface area contributed by atoms with Crippen LogP contribution in [0, 0.1) is 0 Å². The van der Waals surface area contributed by atoms with Crippen LogP contribution in [0.4, 0.5) is 17.3 Å². The lowest BCUT2D eigenvalue weighted by Gasteiger charge is -2.24. The standard InChI is InChI=1S/C40H25N3O/c1-2-13-30(14-3-1)43(31-21-18-26-10-4-5-12-28(26)24-31)40-41-36-17-9-8-16-35(36)38(42-40)29-20-22-33-34-23-19-27-11-6-7-15-32(27)39(34)44-37(33)25-29/h1-25H. The van der Waals surface area contributed by atoms with Gasteiger partial charge in [-0.05, 0) is 64.7 Å². The summed E-state index contributed by atoms with van der Waals surface area (Å²) >= 11 is 0. The van der Waals surface area contributed by atoms with Crippen molar-refractivity contribution in [1.29, 1.82) is 0 Å². The quantitative estimate of drug-likeness (QED) is 0.214. The molecule has 206 valence electrons. The third kappa shape index (κ3) is 3.92. The van der Waals surface area contributed by atoms with Crippen molar-refractivity contribution in [2.75, 3.05) is 4.90 Å². The zero-order valence-electron chi connectivity index (χ0n) is 23.7. The maximum absolute atomic E-state index is 6.54. The minimum absolute atomic E-state index is 0.607. The molecule has 0 aliphatic rings. The monoisotopic (exact) mass is 563 g/mol. The normalized spacial score (nSPS) is 11.6. The van der Waals surface area contributed by atoms with E-state index in [9.17, 15) is 0 Å². The molecule has 0 amide bonds. The molecular weight excluding hydrogens is 538 g/mol. The lowest BCUT2D eigenvalue weighted by molar-refractivity contribution is 0.673. The van der Waals surface area contributed by atoms with Crippen molar-refractivity contribution in [3.05, 3.63) is 152 Å². The van der Waals surface area contributed by atoms with Crippen LogP contribution in [0.15, 0.2) is 156 Å². The van der Waals surface area contributed by atoms with Gasteiger partial charge in [0.1, 0.15) is 11.2 Å². The van der Waals surface area contributed by atoms with E-state index >= 15 is 0 Å². The van der Waals surface area contributed by atoms with E-state index < -0.39 is 0 Å². The van der Waals surface area contributed by atoms with E-state index in [0.29, 0.717) is 5.95 Å². The zero-order chi connectivity index (χ0) is 29.0. The van der Waals surface area contributed by atoms with Crippen LogP contribution in [-0.4, -0.2) is 9.97 Å². The van der Waals surface area contributed by atoms with Crippen molar-refractivity contribution in [2.45, 2.75) is 0 Å². The molecule has 0 unspecified atom stereocenters. The maximum atomic E-state index is 6.54. The highest BCUT2D eigenvalue weighted by Crippen LogP contribution is 2.39. The molecule has 0 radical (unpaired) electrons. The van der Waals surface area contributed by atoms with Gasteiger partial charge in [0, 0.05) is 38.5 Å². The molecule has 0 bridgehead atoms. The lowest BCUT2D eigenvalue weighted by atomic mass is 10.0. The largest absolute Gasteiger partial charge is 0.455 e. The number of aromatic nitrogens is 2. The Morgan fingerprint density at radius 2 is 1.16 bits per heavy atom. The molecule has 0 aliphatic carbocycles. The second-order valence-electron chi connectivity index (χ2n) is 11.1. The average Bonchev–Trinajstić information content (AvgIpc) is 3.47. The van der Waals surface area contributed by atoms with E-state index in [1.165, 1.54) is 10.8 Å². The van der Waals surface area contributed by atoms with Gasteiger partial charge in [-0.25, -0.2) is 9.97 Å². The molecule has 0 saturated heterocycles. The highest BCUT2D eigenvalue weighted by Gasteiger charge is 2.20. The molecule has 44 heavy (non-hydrogen) atoms. The molecule has 0 fully saturated rings. The predicted molar refractivity (Wildman–Crippen MR) is 182 cm³/mol. The summed E-state index contributed by atoms with van der Waals surface area (Å²) in [5, 5.41) is 7.84. The minimum atomic E-state index is 0.607. The number of benzene rings is 7. The summed E-state index contributed by atoms with van der Waals surface area (Å²) in [6.45, 7) is 0. The van der Waals surface area contributed by atoms with Crippen LogP contribution >= 0.6 is 0 Å². The number of furan rings is 1. The molecule has 0 N–H and O–H groups in total.